The molecule has 0 aromatic heterocycles. The van der Waals surface area contributed by atoms with E-state index in [-0.39, 0.29) is 19.6 Å². The number of aldehydes is 1. The molecule has 0 saturated carbocycles. The van der Waals surface area contributed by atoms with Crippen LogP contribution in [0.5, 0.6) is 0 Å². The lowest BCUT2D eigenvalue weighted by atomic mass is 9.80. The second-order valence-electron chi connectivity index (χ2n) is 7.97. The summed E-state index contributed by atoms with van der Waals surface area (Å²) >= 11 is 0. The van der Waals surface area contributed by atoms with Crippen molar-refractivity contribution in [3.8, 4) is 0 Å². The lowest BCUT2D eigenvalue weighted by molar-refractivity contribution is -0.163. The highest BCUT2D eigenvalue weighted by molar-refractivity contribution is 6.21. The van der Waals surface area contributed by atoms with E-state index in [4.69, 9.17) is 4.74 Å². The summed E-state index contributed by atoms with van der Waals surface area (Å²) < 4.78 is 5.39. The third-order valence-electron chi connectivity index (χ3n) is 6.12. The van der Waals surface area contributed by atoms with Gasteiger partial charge in [0.1, 0.15) is 11.8 Å². The van der Waals surface area contributed by atoms with E-state index < -0.39 is 29.2 Å². The summed E-state index contributed by atoms with van der Waals surface area (Å²) in [5.74, 6) is -2.07. The van der Waals surface area contributed by atoms with E-state index in [2.05, 4.69) is 0 Å². The number of nitrogens with zero attached hydrogens (tertiary/aromatic N) is 2. The molecule has 2 amide bonds. The van der Waals surface area contributed by atoms with E-state index in [1.165, 1.54) is 0 Å². The topological polar surface area (TPSA) is 84.0 Å². The van der Waals surface area contributed by atoms with Crippen molar-refractivity contribution < 1.29 is 23.9 Å². The molecule has 0 bridgehead atoms. The fourth-order valence-corrected chi connectivity index (χ4v) is 4.30. The first-order chi connectivity index (χ1) is 15.4. The number of hydrogen-bond donors (Lipinski definition) is 0. The zero-order valence-corrected chi connectivity index (χ0v) is 18.6. The fraction of sp³-hybridized carbons (Fsp3) is 0.360. The van der Waals surface area contributed by atoms with E-state index in [0.29, 0.717) is 17.7 Å². The Bertz CT molecular complexity index is 971. The van der Waals surface area contributed by atoms with Gasteiger partial charge in [-0.25, -0.2) is 0 Å². The highest BCUT2D eigenvalue weighted by Gasteiger charge is 2.49. The molecular weight excluding hydrogens is 408 g/mol. The molecule has 7 heteroatoms. The number of esters is 1. The van der Waals surface area contributed by atoms with Crippen molar-refractivity contribution in [1.82, 2.24) is 9.80 Å². The normalized spacial score (nSPS) is 15.9. The number of carbonyl (C=O) groups excluding carboxylic acids is 4. The molecule has 3 rings (SSSR count). The number of carbonyl (C=O) groups is 4. The van der Waals surface area contributed by atoms with E-state index in [0.717, 1.165) is 16.7 Å². The Labute approximate surface area is 188 Å². The molecule has 0 radical (unpaired) electrons. The molecular formula is C25H28N2O5. The van der Waals surface area contributed by atoms with Crippen LogP contribution in [0, 0.1) is 5.92 Å². The smallest absolute Gasteiger partial charge is 0.327 e. The van der Waals surface area contributed by atoms with Crippen LogP contribution in [0.4, 0.5) is 0 Å². The van der Waals surface area contributed by atoms with E-state index in [1.54, 1.807) is 50.1 Å². The van der Waals surface area contributed by atoms with Crippen molar-refractivity contribution >= 4 is 24.1 Å². The van der Waals surface area contributed by atoms with Gasteiger partial charge in [-0.05, 0) is 38.1 Å². The maximum Gasteiger partial charge on any atom is 0.327 e. The predicted octanol–water partition coefficient (Wildman–Crippen LogP) is 2.94. The molecule has 32 heavy (non-hydrogen) atoms. The monoisotopic (exact) mass is 436 g/mol. The largest absolute Gasteiger partial charge is 0.465 e. The highest BCUT2D eigenvalue weighted by Crippen LogP contribution is 2.32. The van der Waals surface area contributed by atoms with Gasteiger partial charge in [-0.2, -0.15) is 0 Å². The second-order valence-corrected chi connectivity index (χ2v) is 7.97. The maximum absolute atomic E-state index is 13.3. The van der Waals surface area contributed by atoms with Gasteiger partial charge in [-0.3, -0.25) is 24.2 Å². The summed E-state index contributed by atoms with van der Waals surface area (Å²) in [6, 6.07) is 16.2. The first-order valence-corrected chi connectivity index (χ1v) is 10.7. The fourth-order valence-electron chi connectivity index (χ4n) is 4.30. The number of imide groups is 1. The lowest BCUT2D eigenvalue weighted by Crippen LogP contribution is -2.59. The van der Waals surface area contributed by atoms with Gasteiger partial charge < -0.3 is 9.53 Å². The Morgan fingerprint density at radius 2 is 1.62 bits per heavy atom. The molecule has 0 saturated heterocycles. The number of benzene rings is 2. The van der Waals surface area contributed by atoms with Crippen molar-refractivity contribution in [2.24, 2.45) is 5.92 Å². The molecule has 1 aliphatic heterocycles. The van der Waals surface area contributed by atoms with Crippen LogP contribution in [0.3, 0.4) is 0 Å². The third kappa shape index (κ3) is 4.21. The van der Waals surface area contributed by atoms with Crippen LogP contribution in [0.25, 0.3) is 0 Å². The van der Waals surface area contributed by atoms with Gasteiger partial charge in [-0.1, -0.05) is 49.4 Å². The van der Waals surface area contributed by atoms with Crippen LogP contribution in [-0.4, -0.2) is 59.6 Å². The third-order valence-corrected chi connectivity index (χ3v) is 6.12. The summed E-state index contributed by atoms with van der Waals surface area (Å²) in [5, 5.41) is 0. The maximum atomic E-state index is 13.3. The number of fused-ring (bicyclic) bond motifs is 1. The molecule has 2 aromatic rings. The Balaban J connectivity index is 1.93. The quantitative estimate of drug-likeness (QED) is 0.324. The van der Waals surface area contributed by atoms with Crippen LogP contribution < -0.4 is 0 Å². The Kier molecular flexibility index (Phi) is 7.20. The zero-order chi connectivity index (χ0) is 23.3. The van der Waals surface area contributed by atoms with Crippen LogP contribution in [-0.2, 0) is 20.9 Å². The first-order valence-electron chi connectivity index (χ1n) is 10.7. The van der Waals surface area contributed by atoms with Crippen molar-refractivity contribution in [2.75, 3.05) is 20.2 Å². The van der Waals surface area contributed by atoms with E-state index in [1.807, 2.05) is 30.3 Å². The molecule has 2 aromatic carbocycles. The van der Waals surface area contributed by atoms with E-state index >= 15 is 0 Å². The summed E-state index contributed by atoms with van der Waals surface area (Å²) in [6.07, 6.45) is 0.793. The van der Waals surface area contributed by atoms with Gasteiger partial charge >= 0.3 is 5.97 Å². The Morgan fingerprint density at radius 3 is 2.16 bits per heavy atom. The number of amides is 2. The Hall–Kier alpha value is -3.32. The summed E-state index contributed by atoms with van der Waals surface area (Å²) in [7, 11) is 1.76. The number of rotatable bonds is 10. The van der Waals surface area contributed by atoms with Gasteiger partial charge in [0.05, 0.1) is 17.7 Å². The molecule has 2 atom stereocenters. The van der Waals surface area contributed by atoms with Gasteiger partial charge in [0.25, 0.3) is 11.8 Å². The van der Waals surface area contributed by atoms with Gasteiger partial charge in [0.15, 0.2) is 0 Å². The summed E-state index contributed by atoms with van der Waals surface area (Å²) in [4.78, 5) is 53.8. The molecule has 0 spiro atoms. The molecule has 7 nitrogen and oxygen atoms in total. The Morgan fingerprint density at radius 1 is 1.06 bits per heavy atom. The van der Waals surface area contributed by atoms with Gasteiger partial charge in [-0.15, -0.1) is 0 Å². The predicted molar refractivity (Wildman–Crippen MR) is 119 cm³/mol. The van der Waals surface area contributed by atoms with Gasteiger partial charge in [0.2, 0.25) is 0 Å². The SMILES string of the molecule is CCOC(=O)C(CCN1C(=O)c2ccccc2C1=O)([C@@H](C)C=O)N(C)Cc1ccccc1. The number of ether oxygens (including phenoxy) is 1. The molecule has 1 aliphatic rings. The molecule has 168 valence electrons. The second kappa shape index (κ2) is 9.87. The van der Waals surface area contributed by atoms with Crippen LogP contribution >= 0.6 is 0 Å². The highest BCUT2D eigenvalue weighted by atomic mass is 16.5. The summed E-state index contributed by atoms with van der Waals surface area (Å²) in [5.41, 5.74) is 0.311. The van der Waals surface area contributed by atoms with Crippen molar-refractivity contribution in [1.29, 1.82) is 0 Å². The van der Waals surface area contributed by atoms with E-state index in [9.17, 15) is 19.2 Å². The molecule has 0 aliphatic carbocycles. The first kappa shape index (κ1) is 23.3. The molecule has 1 unspecified atom stereocenters. The van der Waals surface area contributed by atoms with Crippen molar-refractivity contribution in [3.05, 3.63) is 71.3 Å². The minimum Gasteiger partial charge on any atom is -0.465 e. The average Bonchev–Trinajstić information content (AvgIpc) is 3.05. The minimum absolute atomic E-state index is 0.0114. The average molecular weight is 437 g/mol. The number of likely N-dealkylation sites (N-methyl/N-ethyl adjacent to an activating group) is 1. The van der Waals surface area contributed by atoms with Crippen LogP contribution in [0.2, 0.25) is 0 Å². The standard InChI is InChI=1S/C25H28N2O5/c1-4-32-24(31)25(18(2)17-28,26(3)16-19-10-6-5-7-11-19)14-15-27-22(29)20-12-8-9-13-21(20)23(27)30/h5-13,17-18H,4,14-16H2,1-3H3/t18-,25?/m0/s1. The minimum atomic E-state index is -1.34. The van der Waals surface area contributed by atoms with Crippen LogP contribution in [0.15, 0.2) is 54.6 Å². The number of hydrogen-bond acceptors (Lipinski definition) is 6. The van der Waals surface area contributed by atoms with Crippen LogP contribution in [0.1, 0.15) is 46.5 Å². The zero-order valence-electron chi connectivity index (χ0n) is 18.6. The molecule has 0 N–H and O–H groups in total. The summed E-state index contributed by atoms with van der Waals surface area (Å²) in [6.45, 7) is 3.89. The van der Waals surface area contributed by atoms with Gasteiger partial charge in [0, 0.05) is 19.0 Å². The molecule has 0 fully saturated rings. The van der Waals surface area contributed by atoms with Crippen molar-refractivity contribution in [3.63, 3.8) is 0 Å². The lowest BCUT2D eigenvalue weighted by Gasteiger charge is -2.42. The molecule has 1 heterocycles. The van der Waals surface area contributed by atoms with Crippen molar-refractivity contribution in [2.45, 2.75) is 32.4 Å².